The van der Waals surface area contributed by atoms with Gasteiger partial charge in [0, 0.05) is 37.6 Å². The third-order valence-corrected chi connectivity index (χ3v) is 5.57. The van der Waals surface area contributed by atoms with Gasteiger partial charge in [0.1, 0.15) is 5.69 Å². The molecule has 17 nitrogen and oxygen atoms in total. The van der Waals surface area contributed by atoms with Gasteiger partial charge in [0.15, 0.2) is 40.3 Å². The molecular weight excluding hydrogens is 595 g/mol. The number of nitrogens with one attached hydrogen (secondary N) is 5. The lowest BCUT2D eigenvalue weighted by Gasteiger charge is -2.16. The Kier molecular flexibility index (Phi) is 13.4. The summed E-state index contributed by atoms with van der Waals surface area (Å²) in [6, 6.07) is 0. The number of rotatable bonds is 17. The Balaban J connectivity index is 2.32. The molecule has 0 saturated heterocycles. The Morgan fingerprint density at radius 3 is 1.91 bits per heavy atom. The van der Waals surface area contributed by atoms with E-state index in [2.05, 4.69) is 51.3 Å². The van der Waals surface area contributed by atoms with Gasteiger partial charge in [0.05, 0.1) is 18.5 Å². The molecule has 1 heterocycles. The Labute approximate surface area is 248 Å². The van der Waals surface area contributed by atoms with Crippen molar-refractivity contribution in [3.8, 4) is 0 Å². The first-order chi connectivity index (χ1) is 21.0. The highest BCUT2D eigenvalue weighted by Crippen LogP contribution is 2.39. The first-order valence-electron chi connectivity index (χ1n) is 13.2. The van der Waals surface area contributed by atoms with Crippen molar-refractivity contribution in [3.63, 3.8) is 0 Å². The topological polar surface area (TPSA) is 238 Å². The van der Waals surface area contributed by atoms with Gasteiger partial charge >= 0.3 is 11.7 Å². The number of esters is 1. The van der Waals surface area contributed by atoms with Gasteiger partial charge in [-0.15, -0.1) is 0 Å². The molecular formula is C24H30F3N11O6. The molecule has 0 atom stereocenters. The molecule has 20 heteroatoms. The first kappa shape index (κ1) is 34.8. The summed E-state index contributed by atoms with van der Waals surface area (Å²) >= 11 is 0. The number of methoxy groups -OCH3 is 1. The van der Waals surface area contributed by atoms with E-state index in [1.807, 2.05) is 13.8 Å². The van der Waals surface area contributed by atoms with Crippen LogP contribution in [-0.4, -0.2) is 72.5 Å². The quantitative estimate of drug-likeness (QED) is 0.0249. The van der Waals surface area contributed by atoms with Crippen molar-refractivity contribution in [2.45, 2.75) is 33.1 Å². The maximum Gasteiger partial charge on any atom is 0.333 e. The van der Waals surface area contributed by atoms with E-state index in [4.69, 9.17) is 5.53 Å². The van der Waals surface area contributed by atoms with Crippen LogP contribution in [0, 0.1) is 27.6 Å². The van der Waals surface area contributed by atoms with E-state index in [-0.39, 0.29) is 42.5 Å². The maximum atomic E-state index is 14.7. The zero-order valence-corrected chi connectivity index (χ0v) is 23.9. The van der Waals surface area contributed by atoms with Crippen LogP contribution in [0.25, 0.3) is 10.4 Å². The SMILES string of the molecule is CCCNc1nc(C(=O)NCCC(=O)OC)c(NCCC)nc1C(=O)NCCNc1c(F)c(N=[N+]=[N-])c(F)c(F)c1[N+](=O)[O-]. The summed E-state index contributed by atoms with van der Waals surface area (Å²) in [5.74, 6) is -7.90. The third-order valence-electron chi connectivity index (χ3n) is 5.57. The highest BCUT2D eigenvalue weighted by molar-refractivity contribution is 6.01. The number of azide groups is 1. The van der Waals surface area contributed by atoms with Gasteiger partial charge in [-0.05, 0) is 18.4 Å². The lowest BCUT2D eigenvalue weighted by Crippen LogP contribution is -2.33. The average molecular weight is 626 g/mol. The Bertz CT molecular complexity index is 1450. The smallest absolute Gasteiger partial charge is 0.333 e. The summed E-state index contributed by atoms with van der Waals surface area (Å²) in [5, 5.41) is 27.0. The number of hydrogen-bond acceptors (Lipinski definition) is 12. The Hall–Kier alpha value is -5.39. The van der Waals surface area contributed by atoms with Crippen LogP contribution in [0.3, 0.4) is 0 Å². The van der Waals surface area contributed by atoms with Crippen molar-refractivity contribution in [2.75, 3.05) is 55.8 Å². The minimum Gasteiger partial charge on any atom is -0.469 e. The largest absolute Gasteiger partial charge is 0.469 e. The van der Waals surface area contributed by atoms with Crippen molar-refractivity contribution in [1.82, 2.24) is 20.6 Å². The monoisotopic (exact) mass is 625 g/mol. The average Bonchev–Trinajstić information content (AvgIpc) is 3.00. The molecule has 0 aliphatic rings. The minimum absolute atomic E-state index is 0.0298. The number of ether oxygens (including phenoxy) is 1. The lowest BCUT2D eigenvalue weighted by molar-refractivity contribution is -0.387. The van der Waals surface area contributed by atoms with E-state index in [0.29, 0.717) is 25.9 Å². The number of aromatic nitrogens is 2. The number of nitro groups is 1. The number of halogens is 3. The van der Waals surface area contributed by atoms with Crippen LogP contribution in [-0.2, 0) is 9.53 Å². The molecule has 0 bridgehead atoms. The molecule has 1 aromatic carbocycles. The number of carbonyl (C=O) groups is 3. The second-order valence-electron chi connectivity index (χ2n) is 8.70. The van der Waals surface area contributed by atoms with Gasteiger partial charge in [0.2, 0.25) is 5.82 Å². The van der Waals surface area contributed by atoms with Crippen molar-refractivity contribution in [3.05, 3.63) is 49.4 Å². The van der Waals surface area contributed by atoms with Gasteiger partial charge in [-0.1, -0.05) is 19.0 Å². The van der Waals surface area contributed by atoms with E-state index in [1.165, 1.54) is 7.11 Å². The van der Waals surface area contributed by atoms with Crippen LogP contribution in [0.2, 0.25) is 0 Å². The fourth-order valence-electron chi connectivity index (χ4n) is 3.50. The number of anilines is 3. The predicted octanol–water partition coefficient (Wildman–Crippen LogP) is 3.52. The molecule has 2 aromatic rings. The van der Waals surface area contributed by atoms with Crippen molar-refractivity contribution in [1.29, 1.82) is 0 Å². The summed E-state index contributed by atoms with van der Waals surface area (Å²) < 4.78 is 47.5. The Morgan fingerprint density at radius 2 is 1.43 bits per heavy atom. The first-order valence-corrected chi connectivity index (χ1v) is 13.2. The second kappa shape index (κ2) is 16.9. The van der Waals surface area contributed by atoms with Gasteiger partial charge in [-0.3, -0.25) is 24.5 Å². The molecule has 0 radical (unpaired) electrons. The van der Waals surface area contributed by atoms with Crippen LogP contribution in [0.4, 0.5) is 41.9 Å². The molecule has 44 heavy (non-hydrogen) atoms. The Morgan fingerprint density at radius 1 is 0.886 bits per heavy atom. The highest BCUT2D eigenvalue weighted by Gasteiger charge is 2.32. The second-order valence-corrected chi connectivity index (χ2v) is 8.70. The fraction of sp³-hybridized carbons (Fsp3) is 0.458. The molecule has 0 aliphatic carbocycles. The summed E-state index contributed by atoms with van der Waals surface area (Å²) in [5.41, 5.74) is 4.05. The normalized spacial score (nSPS) is 10.3. The van der Waals surface area contributed by atoms with E-state index in [9.17, 15) is 37.7 Å². The molecule has 5 N–H and O–H groups in total. The van der Waals surface area contributed by atoms with E-state index in [1.54, 1.807) is 0 Å². The van der Waals surface area contributed by atoms with Crippen LogP contribution >= 0.6 is 0 Å². The molecule has 0 spiro atoms. The molecule has 0 saturated carbocycles. The zero-order chi connectivity index (χ0) is 32.8. The van der Waals surface area contributed by atoms with Gasteiger partial charge in [-0.25, -0.2) is 18.7 Å². The summed E-state index contributed by atoms with van der Waals surface area (Å²) in [4.78, 5) is 58.0. The van der Waals surface area contributed by atoms with Crippen molar-refractivity contribution < 1.29 is 37.2 Å². The highest BCUT2D eigenvalue weighted by atomic mass is 19.2. The number of hydrogen-bond donors (Lipinski definition) is 5. The molecule has 2 amide bonds. The molecule has 0 fully saturated rings. The van der Waals surface area contributed by atoms with Crippen LogP contribution in [0.1, 0.15) is 54.1 Å². The van der Waals surface area contributed by atoms with E-state index in [0.717, 1.165) is 0 Å². The number of nitro benzene ring substituents is 1. The standard InChI is InChI=1S/C24H30F3N11O6/c1-4-7-30-21-18(23(40)32-9-6-12(39)44-3)34-22(31-8-5-2)19(35-21)24(41)33-11-10-29-17-15(27)16(36-37-28)13(25)14(26)20(17)38(42)43/h29H,4-11H2,1-3H3,(H,30,35)(H,31,34)(H,32,40)(H,33,41). The lowest BCUT2D eigenvalue weighted by atomic mass is 10.2. The van der Waals surface area contributed by atoms with Crippen molar-refractivity contribution >= 4 is 46.5 Å². The van der Waals surface area contributed by atoms with E-state index < -0.39 is 63.8 Å². The predicted molar refractivity (Wildman–Crippen MR) is 151 cm³/mol. The molecule has 2 rings (SSSR count). The number of amides is 2. The third kappa shape index (κ3) is 8.81. The van der Waals surface area contributed by atoms with Crippen LogP contribution in [0.5, 0.6) is 0 Å². The number of benzene rings is 1. The molecule has 0 unspecified atom stereocenters. The summed E-state index contributed by atoms with van der Waals surface area (Å²) in [7, 11) is 1.21. The fourth-order valence-corrected chi connectivity index (χ4v) is 3.50. The van der Waals surface area contributed by atoms with Gasteiger partial charge < -0.3 is 31.3 Å². The summed E-state index contributed by atoms with van der Waals surface area (Å²) in [6.07, 6.45) is 1.15. The maximum absolute atomic E-state index is 14.7. The zero-order valence-electron chi connectivity index (χ0n) is 23.9. The summed E-state index contributed by atoms with van der Waals surface area (Å²) in [6.45, 7) is 3.57. The van der Waals surface area contributed by atoms with Gasteiger partial charge in [0.25, 0.3) is 11.8 Å². The van der Waals surface area contributed by atoms with E-state index >= 15 is 0 Å². The van der Waals surface area contributed by atoms with Crippen LogP contribution in [0.15, 0.2) is 5.11 Å². The molecule has 238 valence electrons. The van der Waals surface area contributed by atoms with Crippen LogP contribution < -0.4 is 26.6 Å². The number of carbonyl (C=O) groups excluding carboxylic acids is 3. The van der Waals surface area contributed by atoms with Crippen molar-refractivity contribution in [2.24, 2.45) is 5.11 Å². The molecule has 1 aromatic heterocycles. The minimum atomic E-state index is -2.05. The number of nitrogens with zero attached hydrogens (tertiary/aromatic N) is 6. The van der Waals surface area contributed by atoms with Gasteiger partial charge in [-0.2, -0.15) is 4.39 Å². The molecule has 0 aliphatic heterocycles.